The lowest BCUT2D eigenvalue weighted by atomic mass is 10.2. The van der Waals surface area contributed by atoms with Crippen molar-refractivity contribution in [3.8, 4) is 0 Å². The molecule has 7 nitrogen and oxygen atoms in total. The van der Waals surface area contributed by atoms with Crippen molar-refractivity contribution in [3.05, 3.63) is 6.07 Å². The molecule has 0 aliphatic carbocycles. The van der Waals surface area contributed by atoms with Crippen LogP contribution >= 0.6 is 11.8 Å². The maximum Gasteiger partial charge on any atom is 0.410 e. The molecule has 2 N–H and O–H groups in total. The molecule has 1 aromatic rings. The summed E-state index contributed by atoms with van der Waals surface area (Å²) in [4.78, 5) is 25.4. The molecule has 0 radical (unpaired) electrons. The minimum atomic E-state index is -0.470. The number of nitrogens with zero attached hydrogens (tertiary/aromatic N) is 4. The van der Waals surface area contributed by atoms with Crippen LogP contribution in [0.2, 0.25) is 0 Å². The molecule has 1 aromatic heterocycles. The highest BCUT2D eigenvalue weighted by atomic mass is 32.2. The first-order valence-electron chi connectivity index (χ1n) is 8.21. The number of fused-ring (bicyclic) bond motifs is 2. The van der Waals surface area contributed by atoms with Crippen molar-refractivity contribution in [2.24, 2.45) is 0 Å². The van der Waals surface area contributed by atoms with Crippen molar-refractivity contribution in [2.45, 2.75) is 56.5 Å². The van der Waals surface area contributed by atoms with Gasteiger partial charge in [0.05, 0.1) is 12.1 Å². The number of amides is 1. The number of hydrogen-bond acceptors (Lipinski definition) is 7. The van der Waals surface area contributed by atoms with E-state index in [-0.39, 0.29) is 18.2 Å². The Bertz CT molecular complexity index is 619. The highest BCUT2D eigenvalue weighted by Gasteiger charge is 2.44. The standard InChI is InChI=1S/C16H25N5O2S/c1-16(2,3)23-15(22)21-10-5-6-11(21)9-20(8-10)13-7-12(17)18-14(19-13)24-4/h7,10-11H,5-6,8-9H2,1-4H3,(H2,17,18,19). The topological polar surface area (TPSA) is 84.6 Å². The van der Waals surface area contributed by atoms with Gasteiger partial charge in [0, 0.05) is 19.2 Å². The lowest BCUT2D eigenvalue weighted by Gasteiger charge is -2.41. The maximum atomic E-state index is 12.5. The minimum absolute atomic E-state index is 0.160. The van der Waals surface area contributed by atoms with Crippen molar-refractivity contribution in [1.82, 2.24) is 14.9 Å². The quantitative estimate of drug-likeness (QED) is 0.647. The Morgan fingerprint density at radius 2 is 1.92 bits per heavy atom. The average Bonchev–Trinajstić information content (AvgIpc) is 2.75. The summed E-state index contributed by atoms with van der Waals surface area (Å²) in [5, 5.41) is 0.673. The Labute approximate surface area is 146 Å². The predicted octanol–water partition coefficient (Wildman–Crippen LogP) is 2.37. The third kappa shape index (κ3) is 3.53. The fourth-order valence-electron chi connectivity index (χ4n) is 3.39. The molecule has 132 valence electrons. The summed E-state index contributed by atoms with van der Waals surface area (Å²) in [5.74, 6) is 1.32. The summed E-state index contributed by atoms with van der Waals surface area (Å²) in [6.07, 6.45) is 3.72. The second-order valence-electron chi connectivity index (χ2n) is 7.32. The average molecular weight is 351 g/mol. The first-order chi connectivity index (χ1) is 11.3. The number of carbonyl (C=O) groups is 1. The summed E-state index contributed by atoms with van der Waals surface area (Å²) < 4.78 is 5.57. The number of ether oxygens (including phenoxy) is 1. The van der Waals surface area contributed by atoms with E-state index >= 15 is 0 Å². The fourth-order valence-corrected chi connectivity index (χ4v) is 3.77. The minimum Gasteiger partial charge on any atom is -0.444 e. The number of thioether (sulfide) groups is 1. The highest BCUT2D eigenvalue weighted by molar-refractivity contribution is 7.98. The fraction of sp³-hybridized carbons (Fsp3) is 0.688. The number of aromatic nitrogens is 2. The summed E-state index contributed by atoms with van der Waals surface area (Å²) in [7, 11) is 0. The monoisotopic (exact) mass is 351 g/mol. The van der Waals surface area contributed by atoms with Crippen LogP contribution in [0, 0.1) is 0 Å². The van der Waals surface area contributed by atoms with Crippen molar-refractivity contribution >= 4 is 29.5 Å². The molecule has 2 aliphatic rings. The van der Waals surface area contributed by atoms with E-state index in [2.05, 4.69) is 14.9 Å². The summed E-state index contributed by atoms with van der Waals surface area (Å²) in [5.41, 5.74) is 5.43. The summed E-state index contributed by atoms with van der Waals surface area (Å²) >= 11 is 1.48. The zero-order valence-electron chi connectivity index (χ0n) is 14.7. The van der Waals surface area contributed by atoms with Gasteiger partial charge in [0.25, 0.3) is 0 Å². The Balaban J connectivity index is 1.76. The summed E-state index contributed by atoms with van der Waals surface area (Å²) in [6.45, 7) is 7.20. The van der Waals surface area contributed by atoms with Crippen LogP contribution in [0.5, 0.6) is 0 Å². The first kappa shape index (κ1) is 17.1. The second-order valence-corrected chi connectivity index (χ2v) is 8.09. The molecule has 2 fully saturated rings. The smallest absolute Gasteiger partial charge is 0.410 e. The molecule has 0 aromatic carbocycles. The molecular formula is C16H25N5O2S. The Morgan fingerprint density at radius 1 is 1.29 bits per heavy atom. The van der Waals surface area contributed by atoms with Crippen LogP contribution in [-0.2, 0) is 4.74 Å². The van der Waals surface area contributed by atoms with Crippen LogP contribution in [-0.4, -0.2) is 58.0 Å². The van der Waals surface area contributed by atoms with Gasteiger partial charge in [-0.3, -0.25) is 4.90 Å². The van der Waals surface area contributed by atoms with Crippen molar-refractivity contribution < 1.29 is 9.53 Å². The second kappa shape index (κ2) is 6.31. The molecule has 2 saturated heterocycles. The molecule has 24 heavy (non-hydrogen) atoms. The van der Waals surface area contributed by atoms with Gasteiger partial charge in [-0.05, 0) is 39.9 Å². The van der Waals surface area contributed by atoms with Crippen LogP contribution in [0.15, 0.2) is 11.2 Å². The maximum absolute atomic E-state index is 12.5. The predicted molar refractivity (Wildman–Crippen MR) is 95.3 cm³/mol. The van der Waals surface area contributed by atoms with Crippen LogP contribution < -0.4 is 10.6 Å². The van der Waals surface area contributed by atoms with Crippen molar-refractivity contribution in [1.29, 1.82) is 0 Å². The molecule has 2 bridgehead atoms. The molecule has 0 spiro atoms. The van der Waals surface area contributed by atoms with Gasteiger partial charge >= 0.3 is 6.09 Å². The lowest BCUT2D eigenvalue weighted by molar-refractivity contribution is 0.0122. The zero-order chi connectivity index (χ0) is 17.5. The van der Waals surface area contributed by atoms with Gasteiger partial charge in [-0.25, -0.2) is 14.8 Å². The van der Waals surface area contributed by atoms with E-state index in [9.17, 15) is 4.79 Å². The molecule has 2 unspecified atom stereocenters. The first-order valence-corrected chi connectivity index (χ1v) is 9.44. The van der Waals surface area contributed by atoms with Crippen molar-refractivity contribution in [2.75, 3.05) is 30.0 Å². The lowest BCUT2D eigenvalue weighted by Crippen LogP contribution is -2.57. The van der Waals surface area contributed by atoms with E-state index in [4.69, 9.17) is 10.5 Å². The van der Waals surface area contributed by atoms with Gasteiger partial charge in [-0.15, -0.1) is 0 Å². The number of hydrogen-bond donors (Lipinski definition) is 1. The van der Waals surface area contributed by atoms with Crippen molar-refractivity contribution in [3.63, 3.8) is 0 Å². The number of nitrogen functional groups attached to an aromatic ring is 1. The van der Waals surface area contributed by atoms with E-state index in [0.29, 0.717) is 11.0 Å². The number of nitrogens with two attached hydrogens (primary N) is 1. The van der Waals surface area contributed by atoms with Crippen LogP contribution in [0.1, 0.15) is 33.6 Å². The molecule has 1 amide bonds. The van der Waals surface area contributed by atoms with Gasteiger partial charge in [-0.1, -0.05) is 11.8 Å². The largest absolute Gasteiger partial charge is 0.444 e. The molecule has 3 rings (SSSR count). The third-order valence-corrected chi connectivity index (χ3v) is 4.85. The number of rotatable bonds is 2. The Kier molecular flexibility index (Phi) is 4.50. The molecule has 2 atom stereocenters. The van der Waals surface area contributed by atoms with Gasteiger partial charge in [0.1, 0.15) is 17.2 Å². The molecular weight excluding hydrogens is 326 g/mol. The van der Waals surface area contributed by atoms with E-state index < -0.39 is 5.60 Å². The number of piperazine rings is 1. The van der Waals surface area contributed by atoms with Crippen LogP contribution in [0.25, 0.3) is 0 Å². The van der Waals surface area contributed by atoms with E-state index in [1.165, 1.54) is 11.8 Å². The normalized spacial score (nSPS) is 23.5. The van der Waals surface area contributed by atoms with Gasteiger partial charge < -0.3 is 15.4 Å². The van der Waals surface area contributed by atoms with Crippen LogP contribution in [0.3, 0.4) is 0 Å². The summed E-state index contributed by atoms with van der Waals surface area (Å²) in [6, 6.07) is 2.13. The SMILES string of the molecule is CSc1nc(N)cc(N2CC3CCC(C2)N3C(=O)OC(C)(C)C)n1. The number of carbonyl (C=O) groups excluding carboxylic acids is 1. The molecule has 2 aliphatic heterocycles. The van der Waals surface area contributed by atoms with E-state index in [1.54, 1.807) is 0 Å². The highest BCUT2D eigenvalue weighted by Crippen LogP contribution is 2.34. The number of anilines is 2. The van der Waals surface area contributed by atoms with E-state index in [0.717, 1.165) is 31.7 Å². The third-order valence-electron chi connectivity index (χ3n) is 4.30. The Morgan fingerprint density at radius 3 is 2.46 bits per heavy atom. The molecule has 0 saturated carbocycles. The van der Waals surface area contributed by atoms with Gasteiger partial charge in [0.2, 0.25) is 0 Å². The van der Waals surface area contributed by atoms with E-state index in [1.807, 2.05) is 38.0 Å². The Hall–Kier alpha value is -1.70. The van der Waals surface area contributed by atoms with Gasteiger partial charge in [-0.2, -0.15) is 0 Å². The molecule has 3 heterocycles. The van der Waals surface area contributed by atoms with Gasteiger partial charge in [0.15, 0.2) is 5.16 Å². The van der Waals surface area contributed by atoms with Crippen LogP contribution in [0.4, 0.5) is 16.4 Å². The zero-order valence-corrected chi connectivity index (χ0v) is 15.5. The molecule has 8 heteroatoms.